The summed E-state index contributed by atoms with van der Waals surface area (Å²) in [6, 6.07) is 11.0. The van der Waals surface area contributed by atoms with Crippen molar-refractivity contribution in [2.45, 2.75) is 65.8 Å². The molecular weight excluding hydrogens is 348 g/mol. The second kappa shape index (κ2) is 9.22. The highest BCUT2D eigenvalue weighted by Gasteiger charge is 2.23. The predicted octanol–water partition coefficient (Wildman–Crippen LogP) is 5.19. The van der Waals surface area contributed by atoms with Gasteiger partial charge in [-0.25, -0.2) is 0 Å². The summed E-state index contributed by atoms with van der Waals surface area (Å²) in [6.07, 6.45) is 7.08. The number of hydrogen-bond acceptors (Lipinski definition) is 2. The average Bonchev–Trinajstić information content (AvgIpc) is 2.66. The largest absolute Gasteiger partial charge is 0.348 e. The normalized spacial score (nSPS) is 15.0. The molecule has 0 bridgehead atoms. The Balaban J connectivity index is 2.00. The Morgan fingerprint density at radius 2 is 1.82 bits per heavy atom. The van der Waals surface area contributed by atoms with Crippen molar-refractivity contribution in [1.29, 1.82) is 0 Å². The monoisotopic (exact) mass is 380 g/mol. The molecule has 3 rings (SSSR count). The summed E-state index contributed by atoms with van der Waals surface area (Å²) in [6.45, 7) is 7.17. The van der Waals surface area contributed by atoms with E-state index in [9.17, 15) is 9.59 Å². The fourth-order valence-corrected chi connectivity index (χ4v) is 4.27. The highest BCUT2D eigenvalue weighted by molar-refractivity contribution is 6.05. The lowest BCUT2D eigenvalue weighted by Crippen LogP contribution is -2.30. The number of aryl methyl sites for hydroxylation is 1. The van der Waals surface area contributed by atoms with Crippen LogP contribution in [0.2, 0.25) is 0 Å². The molecule has 0 spiro atoms. The van der Waals surface area contributed by atoms with Gasteiger partial charge in [0.25, 0.3) is 5.91 Å². The lowest BCUT2D eigenvalue weighted by Gasteiger charge is -2.27. The summed E-state index contributed by atoms with van der Waals surface area (Å²) < 4.78 is 2.25. The van der Waals surface area contributed by atoms with Gasteiger partial charge in [-0.3, -0.25) is 9.59 Å². The lowest BCUT2D eigenvalue weighted by atomic mass is 9.88. The maximum absolute atomic E-state index is 13.1. The highest BCUT2D eigenvalue weighted by atomic mass is 16.2. The Kier molecular flexibility index (Phi) is 6.71. The van der Waals surface area contributed by atoms with Gasteiger partial charge in [-0.1, -0.05) is 51.3 Å². The molecule has 0 atom stereocenters. The zero-order chi connectivity index (χ0) is 20.1. The van der Waals surface area contributed by atoms with E-state index >= 15 is 0 Å². The molecule has 1 aliphatic rings. The zero-order valence-electron chi connectivity index (χ0n) is 17.3. The van der Waals surface area contributed by atoms with Crippen LogP contribution >= 0.6 is 0 Å². The van der Waals surface area contributed by atoms with Crippen molar-refractivity contribution in [3.63, 3.8) is 0 Å². The van der Waals surface area contributed by atoms with E-state index in [4.69, 9.17) is 0 Å². The highest BCUT2D eigenvalue weighted by Crippen LogP contribution is 2.27. The Labute approximate surface area is 168 Å². The van der Waals surface area contributed by atoms with E-state index in [-0.39, 0.29) is 11.3 Å². The summed E-state index contributed by atoms with van der Waals surface area (Å²) in [5, 5.41) is 2.91. The van der Waals surface area contributed by atoms with Crippen LogP contribution in [0.3, 0.4) is 0 Å². The molecule has 1 fully saturated rings. The van der Waals surface area contributed by atoms with E-state index in [0.29, 0.717) is 23.1 Å². The van der Waals surface area contributed by atoms with Gasteiger partial charge >= 0.3 is 0 Å². The molecule has 0 unspecified atom stereocenters. The van der Waals surface area contributed by atoms with Gasteiger partial charge in [-0.2, -0.15) is 0 Å². The minimum atomic E-state index is -0.302. The summed E-state index contributed by atoms with van der Waals surface area (Å²) in [5.41, 5.74) is 2.68. The fraction of sp³-hybridized carbons (Fsp3) is 0.500. The number of para-hydroxylation sites is 1. The average molecular weight is 381 g/mol. The summed E-state index contributed by atoms with van der Waals surface area (Å²) in [7, 11) is 0. The number of anilines is 1. The first kappa shape index (κ1) is 20.4. The third-order valence-corrected chi connectivity index (χ3v) is 5.65. The second-order valence-electron chi connectivity index (χ2n) is 8.50. The molecule has 2 aromatic rings. The van der Waals surface area contributed by atoms with Crippen LogP contribution in [0.25, 0.3) is 0 Å². The number of hydrogen-bond donors (Lipinski definition) is 1. The number of aromatic nitrogens is 1. The van der Waals surface area contributed by atoms with Crippen LogP contribution in [0.5, 0.6) is 0 Å². The predicted molar refractivity (Wildman–Crippen MR) is 115 cm³/mol. The Bertz CT molecular complexity index is 862. The van der Waals surface area contributed by atoms with E-state index in [0.717, 1.165) is 24.4 Å². The third kappa shape index (κ3) is 4.92. The van der Waals surface area contributed by atoms with Gasteiger partial charge in [-0.15, -0.1) is 0 Å². The van der Waals surface area contributed by atoms with Crippen LogP contribution in [-0.2, 0) is 13.0 Å². The first-order valence-corrected chi connectivity index (χ1v) is 10.6. The van der Waals surface area contributed by atoms with E-state index in [2.05, 4.69) is 23.7 Å². The maximum atomic E-state index is 13.1. The van der Waals surface area contributed by atoms with Crippen molar-refractivity contribution in [3.05, 3.63) is 63.6 Å². The number of benzene rings is 1. The molecule has 28 heavy (non-hydrogen) atoms. The SMILES string of the molecule is Cc1cc(=O)c(C(=O)Nc2ccccc2)c(CC(C)C)n1CC1CCCCC1. The minimum Gasteiger partial charge on any atom is -0.348 e. The third-order valence-electron chi connectivity index (χ3n) is 5.65. The smallest absolute Gasteiger partial charge is 0.261 e. The van der Waals surface area contributed by atoms with Crippen molar-refractivity contribution >= 4 is 11.6 Å². The van der Waals surface area contributed by atoms with Crippen LogP contribution in [0.1, 0.15) is 67.7 Å². The first-order chi connectivity index (χ1) is 13.5. The van der Waals surface area contributed by atoms with Crippen molar-refractivity contribution < 1.29 is 4.79 Å². The summed E-state index contributed by atoms with van der Waals surface area (Å²) >= 11 is 0. The molecule has 1 heterocycles. The molecular formula is C24H32N2O2. The van der Waals surface area contributed by atoms with E-state index in [1.807, 2.05) is 37.3 Å². The van der Waals surface area contributed by atoms with Gasteiger partial charge in [0.15, 0.2) is 5.43 Å². The molecule has 0 radical (unpaired) electrons. The fourth-order valence-electron chi connectivity index (χ4n) is 4.27. The second-order valence-corrected chi connectivity index (χ2v) is 8.50. The van der Waals surface area contributed by atoms with Crippen molar-refractivity contribution in [1.82, 2.24) is 4.57 Å². The Morgan fingerprint density at radius 3 is 2.46 bits per heavy atom. The number of carbonyl (C=O) groups excluding carboxylic acids is 1. The lowest BCUT2D eigenvalue weighted by molar-refractivity contribution is 0.102. The number of rotatable bonds is 6. The Morgan fingerprint density at radius 1 is 1.14 bits per heavy atom. The molecule has 1 aromatic heterocycles. The van der Waals surface area contributed by atoms with Crippen LogP contribution < -0.4 is 10.7 Å². The molecule has 1 aromatic carbocycles. The number of nitrogens with one attached hydrogen (secondary N) is 1. The van der Waals surface area contributed by atoms with E-state index in [1.54, 1.807) is 6.07 Å². The zero-order valence-corrected chi connectivity index (χ0v) is 17.3. The molecule has 150 valence electrons. The number of pyridine rings is 1. The topological polar surface area (TPSA) is 51.1 Å². The number of carbonyl (C=O) groups is 1. The molecule has 0 aliphatic heterocycles. The molecule has 1 aliphatic carbocycles. The summed E-state index contributed by atoms with van der Waals surface area (Å²) in [5.74, 6) is 0.692. The molecule has 4 heteroatoms. The van der Waals surface area contributed by atoms with Crippen LogP contribution in [0, 0.1) is 18.8 Å². The standard InChI is InChI=1S/C24H32N2O2/c1-17(2)14-21-23(24(28)25-20-12-8-5-9-13-20)22(27)15-18(3)26(21)16-19-10-6-4-7-11-19/h5,8-9,12-13,15,17,19H,4,6-7,10-11,14,16H2,1-3H3,(H,25,28). The van der Waals surface area contributed by atoms with Crippen LogP contribution in [0.4, 0.5) is 5.69 Å². The minimum absolute atomic E-state index is 0.179. The van der Waals surface area contributed by atoms with Crippen LogP contribution in [-0.4, -0.2) is 10.5 Å². The van der Waals surface area contributed by atoms with Gasteiger partial charge in [0.05, 0.1) is 0 Å². The van der Waals surface area contributed by atoms with Crippen molar-refractivity contribution in [3.8, 4) is 0 Å². The first-order valence-electron chi connectivity index (χ1n) is 10.6. The maximum Gasteiger partial charge on any atom is 0.261 e. The van der Waals surface area contributed by atoms with Gasteiger partial charge in [-0.05, 0) is 50.2 Å². The van der Waals surface area contributed by atoms with Crippen molar-refractivity contribution in [2.75, 3.05) is 5.32 Å². The van der Waals surface area contributed by atoms with Gasteiger partial charge in [0.2, 0.25) is 0 Å². The van der Waals surface area contributed by atoms with Gasteiger partial charge in [0, 0.05) is 29.7 Å². The van der Waals surface area contributed by atoms with Crippen LogP contribution in [0.15, 0.2) is 41.2 Å². The van der Waals surface area contributed by atoms with E-state index < -0.39 is 0 Å². The van der Waals surface area contributed by atoms with Gasteiger partial charge < -0.3 is 9.88 Å². The quantitative estimate of drug-likeness (QED) is 0.750. The van der Waals surface area contributed by atoms with Crippen molar-refractivity contribution in [2.24, 2.45) is 11.8 Å². The molecule has 1 N–H and O–H groups in total. The molecule has 1 amide bonds. The number of amides is 1. The summed E-state index contributed by atoms with van der Waals surface area (Å²) in [4.78, 5) is 25.9. The van der Waals surface area contributed by atoms with Gasteiger partial charge in [0.1, 0.15) is 5.56 Å². The number of nitrogens with zero attached hydrogens (tertiary/aromatic N) is 1. The molecule has 4 nitrogen and oxygen atoms in total. The molecule has 1 saturated carbocycles. The molecule has 0 saturated heterocycles. The Hall–Kier alpha value is -2.36. The van der Waals surface area contributed by atoms with E-state index in [1.165, 1.54) is 32.1 Å².